The number of ether oxygens (including phenoxy) is 1. The van der Waals surface area contributed by atoms with Crippen LogP contribution in [0.25, 0.3) is 0 Å². The van der Waals surface area contributed by atoms with Gasteiger partial charge in [-0.3, -0.25) is 10.1 Å². The fourth-order valence-electron chi connectivity index (χ4n) is 1.87. The Kier molecular flexibility index (Phi) is 4.17. The number of non-ortho nitro benzene ring substituents is 1. The molecule has 21 heavy (non-hydrogen) atoms. The molecule has 1 aromatic rings. The molecule has 0 bridgehead atoms. The molecule has 1 aromatic carbocycles. The maximum absolute atomic E-state index is 13.8. The van der Waals surface area contributed by atoms with Crippen molar-refractivity contribution < 1.29 is 22.5 Å². The van der Waals surface area contributed by atoms with Crippen LogP contribution in [0.1, 0.15) is 0 Å². The third kappa shape index (κ3) is 2.99. The fourth-order valence-corrected chi connectivity index (χ4v) is 3.34. The summed E-state index contributed by atoms with van der Waals surface area (Å²) in [5.41, 5.74) is -0.539. The van der Waals surface area contributed by atoms with Gasteiger partial charge in [-0.1, -0.05) is 0 Å². The van der Waals surface area contributed by atoms with E-state index in [1.165, 1.54) is 0 Å². The fraction of sp³-hybridized carbons (Fsp3) is 0.364. The summed E-state index contributed by atoms with van der Waals surface area (Å²) in [6.45, 7) is -0.210. The molecular formula is C11H10FN3O5S. The molecule has 10 heteroatoms. The van der Waals surface area contributed by atoms with Crippen LogP contribution < -0.4 is 0 Å². The highest BCUT2D eigenvalue weighted by atomic mass is 32.2. The zero-order valence-electron chi connectivity index (χ0n) is 10.6. The SMILES string of the molecule is N#CC1CN(S(=O)(=O)c2ccc([N+](=O)[O-])cc2F)CCO1. The molecule has 0 aromatic heterocycles. The van der Waals surface area contributed by atoms with Crippen LogP contribution in [0.3, 0.4) is 0 Å². The maximum Gasteiger partial charge on any atom is 0.272 e. The molecule has 0 N–H and O–H groups in total. The number of nitrogens with zero attached hydrogens (tertiary/aromatic N) is 3. The van der Waals surface area contributed by atoms with E-state index in [2.05, 4.69) is 0 Å². The zero-order valence-corrected chi connectivity index (χ0v) is 11.4. The van der Waals surface area contributed by atoms with Crippen LogP contribution in [0.2, 0.25) is 0 Å². The zero-order chi connectivity index (χ0) is 15.6. The summed E-state index contributed by atoms with van der Waals surface area (Å²) in [7, 11) is -4.17. The van der Waals surface area contributed by atoms with Gasteiger partial charge in [-0.2, -0.15) is 9.57 Å². The van der Waals surface area contributed by atoms with E-state index in [4.69, 9.17) is 10.00 Å². The number of benzene rings is 1. The predicted molar refractivity (Wildman–Crippen MR) is 67.2 cm³/mol. The summed E-state index contributed by atoms with van der Waals surface area (Å²) in [5.74, 6) is -1.20. The van der Waals surface area contributed by atoms with Crippen molar-refractivity contribution in [3.05, 3.63) is 34.1 Å². The predicted octanol–water partition coefficient (Wildman–Crippen LogP) is 0.647. The first-order chi connectivity index (χ1) is 9.86. The molecule has 112 valence electrons. The van der Waals surface area contributed by atoms with Crippen LogP contribution in [0.15, 0.2) is 23.1 Å². The van der Waals surface area contributed by atoms with E-state index < -0.39 is 37.5 Å². The van der Waals surface area contributed by atoms with Crippen molar-refractivity contribution in [1.29, 1.82) is 5.26 Å². The summed E-state index contributed by atoms with van der Waals surface area (Å²) in [6.07, 6.45) is -0.922. The maximum atomic E-state index is 13.8. The lowest BCUT2D eigenvalue weighted by molar-refractivity contribution is -0.385. The Balaban J connectivity index is 2.36. The standard InChI is InChI=1S/C11H10FN3O5S/c12-10-5-8(15(16)17)1-2-11(10)21(18,19)14-3-4-20-9(6-13)7-14/h1-2,5,9H,3-4,7H2. The largest absolute Gasteiger partial charge is 0.361 e. The number of sulfonamides is 1. The lowest BCUT2D eigenvalue weighted by Crippen LogP contribution is -2.45. The van der Waals surface area contributed by atoms with Crippen LogP contribution in [0.4, 0.5) is 10.1 Å². The van der Waals surface area contributed by atoms with Crippen LogP contribution >= 0.6 is 0 Å². The van der Waals surface area contributed by atoms with E-state index in [-0.39, 0.29) is 19.7 Å². The highest BCUT2D eigenvalue weighted by Gasteiger charge is 2.33. The van der Waals surface area contributed by atoms with Crippen LogP contribution in [0.5, 0.6) is 0 Å². The van der Waals surface area contributed by atoms with Crippen LogP contribution in [-0.2, 0) is 14.8 Å². The van der Waals surface area contributed by atoms with Crippen molar-refractivity contribution in [3.63, 3.8) is 0 Å². The molecule has 1 unspecified atom stereocenters. The highest BCUT2D eigenvalue weighted by Crippen LogP contribution is 2.24. The second kappa shape index (κ2) is 5.72. The summed E-state index contributed by atoms with van der Waals surface area (Å²) in [4.78, 5) is 9.04. The lowest BCUT2D eigenvalue weighted by Gasteiger charge is -2.28. The van der Waals surface area contributed by atoms with Gasteiger partial charge in [0.15, 0.2) is 6.10 Å². The van der Waals surface area contributed by atoms with Gasteiger partial charge in [0, 0.05) is 12.6 Å². The molecule has 0 saturated carbocycles. The Hall–Kier alpha value is -2.09. The third-order valence-corrected chi connectivity index (χ3v) is 4.82. The number of halogens is 1. The molecule has 8 nitrogen and oxygen atoms in total. The monoisotopic (exact) mass is 315 g/mol. The summed E-state index contributed by atoms with van der Waals surface area (Å²) in [5, 5.41) is 19.3. The number of nitriles is 1. The minimum atomic E-state index is -4.17. The van der Waals surface area contributed by atoms with E-state index >= 15 is 0 Å². The van der Waals surface area contributed by atoms with E-state index in [9.17, 15) is 22.9 Å². The molecule has 1 heterocycles. The Morgan fingerprint density at radius 3 is 2.81 bits per heavy atom. The van der Waals surface area contributed by atoms with Gasteiger partial charge in [0.25, 0.3) is 5.69 Å². The number of morpholine rings is 1. The van der Waals surface area contributed by atoms with Crippen molar-refractivity contribution >= 4 is 15.7 Å². The van der Waals surface area contributed by atoms with E-state index in [1.54, 1.807) is 6.07 Å². The second-order valence-electron chi connectivity index (χ2n) is 4.22. The minimum absolute atomic E-state index is 0.0169. The molecule has 1 aliphatic rings. The topological polar surface area (TPSA) is 114 Å². The first kappa shape index (κ1) is 15.3. The first-order valence-corrected chi connectivity index (χ1v) is 7.25. The second-order valence-corrected chi connectivity index (χ2v) is 6.13. The Morgan fingerprint density at radius 2 is 2.24 bits per heavy atom. The van der Waals surface area contributed by atoms with Gasteiger partial charge in [0.1, 0.15) is 10.7 Å². The highest BCUT2D eigenvalue weighted by molar-refractivity contribution is 7.89. The average Bonchev–Trinajstić information content (AvgIpc) is 2.46. The van der Waals surface area contributed by atoms with Gasteiger partial charge in [-0.25, -0.2) is 12.8 Å². The molecule has 1 atom stereocenters. The van der Waals surface area contributed by atoms with Gasteiger partial charge in [0.2, 0.25) is 10.0 Å². The molecule has 0 aliphatic carbocycles. The van der Waals surface area contributed by atoms with Crippen molar-refractivity contribution in [1.82, 2.24) is 4.31 Å². The molecule has 1 aliphatic heterocycles. The number of hydrogen-bond donors (Lipinski definition) is 0. The number of nitro benzene ring substituents is 1. The van der Waals surface area contributed by atoms with E-state index in [0.29, 0.717) is 6.07 Å². The summed E-state index contributed by atoms with van der Waals surface area (Å²) < 4.78 is 44.4. The smallest absolute Gasteiger partial charge is 0.272 e. The third-order valence-electron chi connectivity index (χ3n) is 2.92. The molecule has 1 saturated heterocycles. The van der Waals surface area contributed by atoms with Gasteiger partial charge < -0.3 is 4.74 Å². The molecule has 0 radical (unpaired) electrons. The van der Waals surface area contributed by atoms with Gasteiger partial charge in [0.05, 0.1) is 30.2 Å². The van der Waals surface area contributed by atoms with Crippen LogP contribution in [0, 0.1) is 27.3 Å². The Bertz CT molecular complexity index is 715. The van der Waals surface area contributed by atoms with Gasteiger partial charge in [-0.05, 0) is 6.07 Å². The molecule has 1 fully saturated rings. The van der Waals surface area contributed by atoms with E-state index in [1.807, 2.05) is 0 Å². The Labute approximate surface area is 119 Å². The van der Waals surface area contributed by atoms with E-state index in [0.717, 1.165) is 16.4 Å². The van der Waals surface area contributed by atoms with Crippen LogP contribution in [-0.4, -0.2) is 43.4 Å². The number of nitro groups is 1. The normalized spacial score (nSPS) is 19.9. The average molecular weight is 315 g/mol. The lowest BCUT2D eigenvalue weighted by atomic mass is 10.3. The van der Waals surface area contributed by atoms with Crippen molar-refractivity contribution in [2.45, 2.75) is 11.0 Å². The summed E-state index contributed by atoms with van der Waals surface area (Å²) in [6, 6.07) is 4.10. The van der Waals surface area contributed by atoms with Gasteiger partial charge >= 0.3 is 0 Å². The Morgan fingerprint density at radius 1 is 1.52 bits per heavy atom. The summed E-state index contributed by atoms with van der Waals surface area (Å²) >= 11 is 0. The number of rotatable bonds is 3. The van der Waals surface area contributed by atoms with Crippen molar-refractivity contribution in [3.8, 4) is 6.07 Å². The quantitative estimate of drug-likeness (QED) is 0.597. The number of hydrogen-bond acceptors (Lipinski definition) is 6. The molecule has 2 rings (SSSR count). The molecular weight excluding hydrogens is 305 g/mol. The minimum Gasteiger partial charge on any atom is -0.361 e. The van der Waals surface area contributed by atoms with Gasteiger partial charge in [-0.15, -0.1) is 0 Å². The molecule has 0 spiro atoms. The molecule has 0 amide bonds. The van der Waals surface area contributed by atoms with Crippen molar-refractivity contribution in [2.24, 2.45) is 0 Å². The van der Waals surface area contributed by atoms with Crippen molar-refractivity contribution in [2.75, 3.05) is 19.7 Å². The first-order valence-electron chi connectivity index (χ1n) is 5.81.